The van der Waals surface area contributed by atoms with Crippen molar-refractivity contribution in [1.82, 2.24) is 35.0 Å². The van der Waals surface area contributed by atoms with Crippen LogP contribution in [0.25, 0.3) is 16.7 Å². The number of phenols is 1. The van der Waals surface area contributed by atoms with E-state index in [1.165, 1.54) is 0 Å². The Hall–Kier alpha value is -5.45. The van der Waals surface area contributed by atoms with E-state index in [1.54, 1.807) is 17.2 Å². The molecule has 15 heteroatoms. The first kappa shape index (κ1) is 40.0. The van der Waals surface area contributed by atoms with Crippen LogP contribution < -0.4 is 26.8 Å². The molecule has 316 valence electrons. The van der Waals surface area contributed by atoms with Gasteiger partial charge in [0.25, 0.3) is 0 Å². The number of benzene rings is 2. The second-order valence-electron chi connectivity index (χ2n) is 17.0. The van der Waals surface area contributed by atoms with Crippen molar-refractivity contribution in [3.05, 3.63) is 106 Å². The second-order valence-corrected chi connectivity index (χ2v) is 17.0. The lowest BCUT2D eigenvalue weighted by molar-refractivity contribution is -0.619. The third-order valence-corrected chi connectivity index (χ3v) is 13.2. The number of aryl methyl sites for hydroxylation is 2. The quantitative estimate of drug-likeness (QED) is 0.136. The van der Waals surface area contributed by atoms with Gasteiger partial charge in [0.05, 0.1) is 29.8 Å². The van der Waals surface area contributed by atoms with Crippen molar-refractivity contribution in [2.75, 3.05) is 63.9 Å². The molecule has 2 aromatic heterocycles. The smallest absolute Gasteiger partial charge is 0.328 e. The van der Waals surface area contributed by atoms with E-state index in [1.807, 2.05) is 35.8 Å². The summed E-state index contributed by atoms with van der Waals surface area (Å²) in [6.07, 6.45) is 9.98. The van der Waals surface area contributed by atoms with E-state index in [-0.39, 0.29) is 24.2 Å². The van der Waals surface area contributed by atoms with Crippen molar-refractivity contribution in [2.24, 2.45) is 11.7 Å². The molecule has 0 spiro atoms. The molecule has 0 radical (unpaired) electrons. The molecule has 0 bridgehead atoms. The molecule has 2 aromatic carbocycles. The number of pyridine rings is 1. The predicted molar refractivity (Wildman–Crippen MR) is 228 cm³/mol. The predicted octanol–water partition coefficient (Wildman–Crippen LogP) is 3.47. The van der Waals surface area contributed by atoms with Gasteiger partial charge in [0, 0.05) is 82.5 Å². The van der Waals surface area contributed by atoms with Gasteiger partial charge in [0.2, 0.25) is 5.91 Å². The van der Waals surface area contributed by atoms with Crippen LogP contribution in [0.4, 0.5) is 10.5 Å². The summed E-state index contributed by atoms with van der Waals surface area (Å²) in [6, 6.07) is 15.6. The van der Waals surface area contributed by atoms with Crippen molar-refractivity contribution in [3.8, 4) is 5.75 Å². The maximum absolute atomic E-state index is 12.4. The number of allylic oxidation sites excluding steroid dienone is 1. The number of quaternary nitrogens is 1. The number of urea groups is 1. The number of aliphatic hydroxyl groups is 1. The number of aliphatic hydroxyl groups excluding tert-OH is 1. The number of nitrogens with two attached hydrogens (primary N) is 2. The number of carbonyl (C=O) groups is 2. The third-order valence-electron chi connectivity index (χ3n) is 13.2. The van der Waals surface area contributed by atoms with Gasteiger partial charge in [0.1, 0.15) is 23.7 Å². The number of hydrogen-bond donors (Lipinski definition) is 6. The lowest BCUT2D eigenvalue weighted by Gasteiger charge is -2.40. The molecular formula is C45H57N10O5+. The molecule has 15 nitrogen and oxygen atoms in total. The van der Waals surface area contributed by atoms with Crippen molar-refractivity contribution in [1.29, 1.82) is 0 Å². The fraction of sp³-hybridized carbons (Fsp3) is 0.444. The van der Waals surface area contributed by atoms with Gasteiger partial charge in [-0.1, -0.05) is 30.3 Å². The van der Waals surface area contributed by atoms with Crippen LogP contribution in [0.15, 0.2) is 78.5 Å². The molecule has 3 saturated heterocycles. The maximum Gasteiger partial charge on any atom is 0.328 e. The highest BCUT2D eigenvalue weighted by atomic mass is 16.5. The van der Waals surface area contributed by atoms with Gasteiger partial charge >= 0.3 is 6.03 Å². The zero-order valence-electron chi connectivity index (χ0n) is 34.5. The number of para-hydroxylation sites is 1. The number of aromatic hydroxyl groups is 1. The molecule has 1 saturated carbocycles. The van der Waals surface area contributed by atoms with Crippen LogP contribution in [0.1, 0.15) is 78.3 Å². The number of imide groups is 1. The van der Waals surface area contributed by atoms with Crippen LogP contribution in [0, 0.1) is 19.8 Å². The molecule has 4 fully saturated rings. The molecule has 5 aliphatic rings. The van der Waals surface area contributed by atoms with Crippen molar-refractivity contribution >= 4 is 34.4 Å². The van der Waals surface area contributed by atoms with Gasteiger partial charge in [0.15, 0.2) is 11.5 Å². The minimum Gasteiger partial charge on any atom is -0.507 e. The topological polar surface area (TPSA) is 181 Å². The molecule has 9 rings (SSSR count). The standard InChI is InChI=1S/C45H56N10O5/c1-28-21-31(40-27-53(19-20-60-40)38-23-37(49-50-42(38)46)35-5-3-4-6-39(35)56)9-12-34(28)44(58)52-17-15-51(16-18-52)26-30-7-10-32(11-8-30)55-25-29(2)36-22-33(24-47-43(36)55)54-14-13-41(57)48-45(54)59/h3-6,9,12,21-25,30,32,40,44,49-50,56,58H,7-8,10-11,13-20,26-27,46H2,1-2H3,(H,48,57,59)/p+1. The first-order valence-electron chi connectivity index (χ1n) is 21.4. The monoisotopic (exact) mass is 817 g/mol. The van der Waals surface area contributed by atoms with E-state index < -0.39 is 12.3 Å². The number of phenolic OH excluding ortho intramolecular Hbond substituents is 1. The van der Waals surface area contributed by atoms with E-state index in [4.69, 9.17) is 15.5 Å². The average Bonchev–Trinajstić information content (AvgIpc) is 3.59. The second kappa shape index (κ2) is 16.9. The fourth-order valence-electron chi connectivity index (χ4n) is 9.77. The van der Waals surface area contributed by atoms with Crippen LogP contribution in [-0.4, -0.2) is 105 Å². The molecule has 2 atom stereocenters. The number of hydrogen-bond acceptors (Lipinski definition) is 11. The van der Waals surface area contributed by atoms with E-state index in [0.717, 1.165) is 109 Å². The molecular weight excluding hydrogens is 761 g/mol. The van der Waals surface area contributed by atoms with Crippen LogP contribution in [-0.2, 0) is 9.53 Å². The van der Waals surface area contributed by atoms with Crippen LogP contribution in [0.2, 0.25) is 0 Å². The lowest BCUT2D eigenvalue weighted by Crippen LogP contribution is -2.91. The van der Waals surface area contributed by atoms with Crippen LogP contribution in [0.3, 0.4) is 0 Å². The van der Waals surface area contributed by atoms with E-state index >= 15 is 0 Å². The largest absolute Gasteiger partial charge is 0.507 e. The lowest BCUT2D eigenvalue weighted by atomic mass is 9.85. The molecule has 4 aliphatic heterocycles. The number of rotatable bonds is 9. The Morgan fingerprint density at radius 3 is 2.55 bits per heavy atom. The van der Waals surface area contributed by atoms with E-state index in [0.29, 0.717) is 49.7 Å². The Labute approximate surface area is 350 Å². The van der Waals surface area contributed by atoms with Crippen LogP contribution in [0.5, 0.6) is 5.75 Å². The summed E-state index contributed by atoms with van der Waals surface area (Å²) in [7, 11) is 0. The number of amides is 3. The molecule has 60 heavy (non-hydrogen) atoms. The highest BCUT2D eigenvalue weighted by Crippen LogP contribution is 2.37. The van der Waals surface area contributed by atoms with Gasteiger partial charge in [-0.2, -0.15) is 0 Å². The van der Waals surface area contributed by atoms with Gasteiger partial charge in [-0.15, -0.1) is 0 Å². The zero-order chi connectivity index (χ0) is 41.5. The zero-order valence-corrected chi connectivity index (χ0v) is 34.5. The molecule has 4 aromatic rings. The molecule has 6 heterocycles. The first-order chi connectivity index (χ1) is 29.1. The van der Waals surface area contributed by atoms with Crippen molar-refractivity contribution in [3.63, 3.8) is 0 Å². The summed E-state index contributed by atoms with van der Waals surface area (Å²) < 4.78 is 8.61. The summed E-state index contributed by atoms with van der Waals surface area (Å²) in [5.74, 6) is 1.19. The van der Waals surface area contributed by atoms with Gasteiger partial charge < -0.3 is 35.1 Å². The third kappa shape index (κ3) is 8.07. The summed E-state index contributed by atoms with van der Waals surface area (Å²) >= 11 is 0. The number of ether oxygens (including phenoxy) is 1. The summed E-state index contributed by atoms with van der Waals surface area (Å²) in [5, 5.41) is 25.5. The highest BCUT2D eigenvalue weighted by molar-refractivity contribution is 6.06. The number of aromatic nitrogens is 2. The maximum atomic E-state index is 12.4. The minimum atomic E-state index is -0.668. The van der Waals surface area contributed by atoms with E-state index in [2.05, 4.69) is 68.3 Å². The molecule has 2 unspecified atom stereocenters. The van der Waals surface area contributed by atoms with Crippen molar-refractivity contribution < 1.29 is 30.0 Å². The number of carbonyl (C=O) groups excluding carboxylic acids is 2. The summed E-state index contributed by atoms with van der Waals surface area (Å²) in [5.41, 5.74) is 19.8. The average molecular weight is 818 g/mol. The number of fused-ring (bicyclic) bond motifs is 1. The summed E-state index contributed by atoms with van der Waals surface area (Å²) in [4.78, 5) is 37.5. The summed E-state index contributed by atoms with van der Waals surface area (Å²) in [6.45, 7) is 11.0. The Kier molecular flexibility index (Phi) is 11.3. The van der Waals surface area contributed by atoms with Gasteiger partial charge in [-0.25, -0.2) is 20.6 Å². The van der Waals surface area contributed by atoms with Gasteiger partial charge in [-0.3, -0.25) is 19.9 Å². The fourth-order valence-corrected chi connectivity index (χ4v) is 9.77. The van der Waals surface area contributed by atoms with Crippen LogP contribution >= 0.6 is 0 Å². The van der Waals surface area contributed by atoms with Crippen molar-refractivity contribution in [2.45, 2.75) is 64.3 Å². The highest BCUT2D eigenvalue weighted by Gasteiger charge is 2.32. The number of nitrogens with one attached hydrogen (secondary N) is 2. The number of anilines is 1. The normalized spacial score (nSPS) is 24.1. The number of morpholine rings is 1. The molecule has 1 aliphatic carbocycles. The first-order valence-corrected chi connectivity index (χ1v) is 21.4. The minimum absolute atomic E-state index is 0.155. The van der Waals surface area contributed by atoms with Gasteiger partial charge in [-0.05, 0) is 85.9 Å². The number of piperazine rings is 1. The Morgan fingerprint density at radius 1 is 0.983 bits per heavy atom. The Balaban J connectivity index is 0.762. The Morgan fingerprint density at radius 2 is 1.78 bits per heavy atom. The molecule has 3 amide bonds. The molecule has 8 N–H and O–H groups in total. The Bertz CT molecular complexity index is 2330. The SMILES string of the molecule is Cc1cc(C2CN(C3=C(N)N[NH2+]C(c4ccccc4O)=C3)CCO2)ccc1C(O)N1CCN(CC2CCC(n3cc(C)c4cc(N5CCC(=O)NC5=O)cnc43)CC2)CC1. The number of nitrogens with zero attached hydrogens (tertiary/aromatic N) is 6. The van der Waals surface area contributed by atoms with E-state index in [9.17, 15) is 19.8 Å².